The maximum absolute atomic E-state index is 12.8. The van der Waals surface area contributed by atoms with Crippen LogP contribution in [0.15, 0.2) is 28.9 Å². The first-order valence-electron chi connectivity index (χ1n) is 11.2. The molecule has 1 fully saturated rings. The van der Waals surface area contributed by atoms with E-state index in [1.807, 2.05) is 18.2 Å². The van der Waals surface area contributed by atoms with Gasteiger partial charge in [-0.1, -0.05) is 19.9 Å². The zero-order valence-corrected chi connectivity index (χ0v) is 20.0. The number of hydrogen-bond donors (Lipinski definition) is 0. The fraction of sp³-hybridized carbons (Fsp3) is 0.583. The monoisotopic (exact) mass is 444 g/mol. The number of piperazine rings is 1. The van der Waals surface area contributed by atoms with Crippen LogP contribution in [0.4, 0.5) is 0 Å². The first kappa shape index (κ1) is 24.1. The second-order valence-corrected chi connectivity index (χ2v) is 8.76. The Morgan fingerprint density at radius 2 is 1.81 bits per heavy atom. The highest BCUT2D eigenvalue weighted by Gasteiger charge is 2.21. The number of rotatable bonds is 10. The average molecular weight is 445 g/mol. The smallest absolute Gasteiger partial charge is 0.275 e. The SMILES string of the molecule is COc1ccc(CCN(C)C(=O)c2coc(CN3CCN(CC(C)C)CC3)n2)cc1OC. The molecular weight excluding hydrogens is 408 g/mol. The predicted molar refractivity (Wildman–Crippen MR) is 123 cm³/mol. The summed E-state index contributed by atoms with van der Waals surface area (Å²) in [6.45, 7) is 10.9. The van der Waals surface area contributed by atoms with Crippen molar-refractivity contribution in [3.05, 3.63) is 41.6 Å². The number of carbonyl (C=O) groups is 1. The first-order chi connectivity index (χ1) is 15.4. The van der Waals surface area contributed by atoms with E-state index in [0.29, 0.717) is 48.5 Å². The summed E-state index contributed by atoms with van der Waals surface area (Å²) >= 11 is 0. The van der Waals surface area contributed by atoms with Gasteiger partial charge < -0.3 is 23.7 Å². The average Bonchev–Trinajstić information content (AvgIpc) is 3.26. The van der Waals surface area contributed by atoms with Gasteiger partial charge in [-0.2, -0.15) is 0 Å². The molecule has 0 aliphatic carbocycles. The number of aromatic nitrogens is 1. The molecule has 2 heterocycles. The highest BCUT2D eigenvalue weighted by molar-refractivity contribution is 5.91. The van der Waals surface area contributed by atoms with Crippen molar-refractivity contribution >= 4 is 5.91 Å². The lowest BCUT2D eigenvalue weighted by molar-refractivity contribution is 0.0790. The van der Waals surface area contributed by atoms with E-state index in [1.165, 1.54) is 6.26 Å². The van der Waals surface area contributed by atoms with Gasteiger partial charge in [0.25, 0.3) is 5.91 Å². The summed E-state index contributed by atoms with van der Waals surface area (Å²) in [5.41, 5.74) is 1.42. The van der Waals surface area contributed by atoms with Crippen molar-refractivity contribution in [2.75, 3.05) is 60.5 Å². The van der Waals surface area contributed by atoms with Crippen molar-refractivity contribution in [3.63, 3.8) is 0 Å². The van der Waals surface area contributed by atoms with E-state index in [1.54, 1.807) is 26.2 Å². The topological polar surface area (TPSA) is 71.3 Å². The van der Waals surface area contributed by atoms with Crippen LogP contribution >= 0.6 is 0 Å². The molecule has 0 atom stereocenters. The first-order valence-corrected chi connectivity index (χ1v) is 11.2. The molecule has 1 aromatic carbocycles. The van der Waals surface area contributed by atoms with Crippen molar-refractivity contribution in [2.24, 2.45) is 5.92 Å². The molecule has 3 rings (SSSR count). The van der Waals surface area contributed by atoms with Crippen LogP contribution in [0.5, 0.6) is 11.5 Å². The molecule has 2 aromatic rings. The predicted octanol–water partition coefficient (Wildman–Crippen LogP) is 2.78. The van der Waals surface area contributed by atoms with Gasteiger partial charge in [-0.15, -0.1) is 0 Å². The molecule has 32 heavy (non-hydrogen) atoms. The number of nitrogens with zero attached hydrogens (tertiary/aromatic N) is 4. The summed E-state index contributed by atoms with van der Waals surface area (Å²) < 4.78 is 16.2. The molecule has 0 radical (unpaired) electrons. The Kier molecular flexibility index (Phi) is 8.53. The molecule has 176 valence electrons. The van der Waals surface area contributed by atoms with Gasteiger partial charge in [-0.05, 0) is 30.0 Å². The van der Waals surface area contributed by atoms with Crippen LogP contribution in [0, 0.1) is 5.92 Å². The van der Waals surface area contributed by atoms with Gasteiger partial charge in [0.15, 0.2) is 17.2 Å². The Morgan fingerprint density at radius 1 is 1.12 bits per heavy atom. The second-order valence-electron chi connectivity index (χ2n) is 8.76. The van der Waals surface area contributed by atoms with Crippen LogP contribution in [0.25, 0.3) is 0 Å². The minimum atomic E-state index is -0.137. The molecule has 1 aliphatic rings. The Hall–Kier alpha value is -2.58. The van der Waals surface area contributed by atoms with E-state index in [4.69, 9.17) is 13.9 Å². The number of benzene rings is 1. The molecular formula is C24H36N4O4. The van der Waals surface area contributed by atoms with Crippen molar-refractivity contribution in [1.82, 2.24) is 19.7 Å². The molecule has 1 aliphatic heterocycles. The van der Waals surface area contributed by atoms with Gasteiger partial charge in [-0.3, -0.25) is 9.69 Å². The van der Waals surface area contributed by atoms with Crippen LogP contribution in [0.1, 0.15) is 35.8 Å². The number of amides is 1. The third kappa shape index (κ3) is 6.46. The summed E-state index contributed by atoms with van der Waals surface area (Å²) in [6, 6.07) is 5.80. The molecule has 8 heteroatoms. The van der Waals surface area contributed by atoms with E-state index < -0.39 is 0 Å². The maximum Gasteiger partial charge on any atom is 0.275 e. The third-order valence-corrected chi connectivity index (χ3v) is 5.75. The fourth-order valence-corrected chi connectivity index (χ4v) is 3.95. The zero-order valence-electron chi connectivity index (χ0n) is 20.0. The van der Waals surface area contributed by atoms with Gasteiger partial charge in [0, 0.05) is 46.3 Å². The van der Waals surface area contributed by atoms with Gasteiger partial charge in [-0.25, -0.2) is 4.98 Å². The lowest BCUT2D eigenvalue weighted by Crippen LogP contribution is -2.46. The lowest BCUT2D eigenvalue weighted by atomic mass is 10.1. The number of oxazole rings is 1. The lowest BCUT2D eigenvalue weighted by Gasteiger charge is -2.34. The molecule has 8 nitrogen and oxygen atoms in total. The molecule has 0 bridgehead atoms. The standard InChI is InChI=1S/C24H36N4O4/c1-18(2)15-27-10-12-28(13-11-27)16-23-25-20(17-32-23)24(29)26(3)9-8-19-6-7-21(30-4)22(14-19)31-5/h6-7,14,17-18H,8-13,15-16H2,1-5H3. The van der Waals surface area contributed by atoms with E-state index in [-0.39, 0.29) is 5.91 Å². The Morgan fingerprint density at radius 3 is 2.47 bits per heavy atom. The summed E-state index contributed by atoms with van der Waals surface area (Å²) in [5, 5.41) is 0. The number of ether oxygens (including phenoxy) is 2. The third-order valence-electron chi connectivity index (χ3n) is 5.75. The molecule has 0 N–H and O–H groups in total. The van der Waals surface area contributed by atoms with E-state index >= 15 is 0 Å². The van der Waals surface area contributed by atoms with Crippen molar-refractivity contribution in [1.29, 1.82) is 0 Å². The number of methoxy groups -OCH3 is 2. The quantitative estimate of drug-likeness (QED) is 0.558. The van der Waals surface area contributed by atoms with E-state index in [2.05, 4.69) is 28.6 Å². The van der Waals surface area contributed by atoms with Crippen molar-refractivity contribution in [3.8, 4) is 11.5 Å². The van der Waals surface area contributed by atoms with Crippen LogP contribution in [-0.2, 0) is 13.0 Å². The molecule has 0 spiro atoms. The summed E-state index contributed by atoms with van der Waals surface area (Å²) in [7, 11) is 5.01. The second kappa shape index (κ2) is 11.3. The highest BCUT2D eigenvalue weighted by Crippen LogP contribution is 2.27. The van der Waals surface area contributed by atoms with Gasteiger partial charge in [0.1, 0.15) is 6.26 Å². The maximum atomic E-state index is 12.8. The summed E-state index contributed by atoms with van der Waals surface area (Å²) in [5.74, 6) is 2.52. The Labute approximate surface area is 191 Å². The van der Waals surface area contributed by atoms with Gasteiger partial charge >= 0.3 is 0 Å². The number of likely N-dealkylation sites (N-methyl/N-ethyl adjacent to an activating group) is 1. The minimum absolute atomic E-state index is 0.137. The van der Waals surface area contributed by atoms with Crippen LogP contribution < -0.4 is 9.47 Å². The van der Waals surface area contributed by atoms with Gasteiger partial charge in [0.05, 0.1) is 20.8 Å². The van der Waals surface area contributed by atoms with Gasteiger partial charge in [0.2, 0.25) is 5.89 Å². The molecule has 1 saturated heterocycles. The zero-order chi connectivity index (χ0) is 23.1. The number of hydrogen-bond acceptors (Lipinski definition) is 7. The molecule has 1 aromatic heterocycles. The van der Waals surface area contributed by atoms with Crippen LogP contribution in [0.3, 0.4) is 0 Å². The van der Waals surface area contributed by atoms with Crippen molar-refractivity contribution in [2.45, 2.75) is 26.8 Å². The van der Waals surface area contributed by atoms with E-state index in [0.717, 1.165) is 38.3 Å². The van der Waals surface area contributed by atoms with Crippen LogP contribution in [-0.4, -0.2) is 86.1 Å². The Bertz CT molecular complexity index is 875. The number of carbonyl (C=O) groups excluding carboxylic acids is 1. The highest BCUT2D eigenvalue weighted by atomic mass is 16.5. The largest absolute Gasteiger partial charge is 0.493 e. The normalized spacial score (nSPS) is 15.2. The Balaban J connectivity index is 1.48. The summed E-state index contributed by atoms with van der Waals surface area (Å²) in [6.07, 6.45) is 2.17. The minimum Gasteiger partial charge on any atom is -0.493 e. The molecule has 0 unspecified atom stereocenters. The van der Waals surface area contributed by atoms with E-state index in [9.17, 15) is 4.79 Å². The van der Waals surface area contributed by atoms with Crippen molar-refractivity contribution < 1.29 is 18.7 Å². The summed E-state index contributed by atoms with van der Waals surface area (Å²) in [4.78, 5) is 23.7. The molecule has 1 amide bonds. The molecule has 0 saturated carbocycles. The van der Waals surface area contributed by atoms with Crippen LogP contribution in [0.2, 0.25) is 0 Å². The fourth-order valence-electron chi connectivity index (χ4n) is 3.95.